The molecule has 6 heteroatoms. The van der Waals surface area contributed by atoms with Gasteiger partial charge >= 0.3 is 0 Å². The van der Waals surface area contributed by atoms with Crippen LogP contribution in [0, 0.1) is 6.92 Å². The summed E-state index contributed by atoms with van der Waals surface area (Å²) in [5, 5.41) is 0.830. The summed E-state index contributed by atoms with van der Waals surface area (Å²) in [5.74, 6) is -0.398. The van der Waals surface area contributed by atoms with E-state index in [4.69, 9.17) is 33.9 Å². The third-order valence-electron chi connectivity index (χ3n) is 5.07. The summed E-state index contributed by atoms with van der Waals surface area (Å²) in [6.45, 7) is 6.20. The average molecular weight is 422 g/mol. The van der Waals surface area contributed by atoms with Gasteiger partial charge in [0.25, 0.3) is 5.91 Å². The summed E-state index contributed by atoms with van der Waals surface area (Å²) < 4.78 is 0. The van der Waals surface area contributed by atoms with Gasteiger partial charge in [0, 0.05) is 11.5 Å². The normalized spacial score (nSPS) is 12.2. The van der Waals surface area contributed by atoms with E-state index in [-0.39, 0.29) is 11.6 Å². The lowest BCUT2D eigenvalue weighted by molar-refractivity contribution is 0.0993. The Bertz CT molecular complexity index is 824. The van der Waals surface area contributed by atoms with Crippen LogP contribution < -0.4 is 5.73 Å². The molecule has 28 heavy (non-hydrogen) atoms. The van der Waals surface area contributed by atoms with Crippen LogP contribution in [0.2, 0.25) is 10.0 Å². The number of hydrogen-bond donors (Lipinski definition) is 1. The van der Waals surface area contributed by atoms with E-state index in [1.165, 1.54) is 25.7 Å². The van der Waals surface area contributed by atoms with Gasteiger partial charge in [-0.1, -0.05) is 81.3 Å². The zero-order valence-electron chi connectivity index (χ0n) is 16.9. The van der Waals surface area contributed by atoms with Crippen molar-refractivity contribution in [1.29, 1.82) is 0 Å². The molecule has 0 radical (unpaired) electrons. The van der Waals surface area contributed by atoms with Crippen molar-refractivity contribution < 1.29 is 4.79 Å². The number of aromatic nitrogens is 2. The largest absolute Gasteiger partial charge is 0.364 e. The molecule has 0 aliphatic rings. The lowest BCUT2D eigenvalue weighted by Gasteiger charge is -2.19. The van der Waals surface area contributed by atoms with E-state index in [2.05, 4.69) is 18.8 Å². The number of aryl methyl sites for hydroxylation is 1. The number of rotatable bonds is 10. The Labute approximate surface area is 177 Å². The van der Waals surface area contributed by atoms with E-state index in [0.29, 0.717) is 32.7 Å². The molecule has 1 amide bonds. The monoisotopic (exact) mass is 421 g/mol. The predicted octanol–water partition coefficient (Wildman–Crippen LogP) is 6.71. The van der Waals surface area contributed by atoms with Crippen LogP contribution in [0.15, 0.2) is 18.2 Å². The van der Waals surface area contributed by atoms with Gasteiger partial charge in [-0.2, -0.15) is 0 Å². The summed E-state index contributed by atoms with van der Waals surface area (Å²) in [7, 11) is 0. The van der Waals surface area contributed by atoms with Crippen molar-refractivity contribution in [2.75, 3.05) is 0 Å². The molecule has 1 heterocycles. The first-order valence-electron chi connectivity index (χ1n) is 10.0. The number of carbonyl (C=O) groups is 1. The molecule has 1 aromatic heterocycles. The fourth-order valence-electron chi connectivity index (χ4n) is 3.47. The quantitative estimate of drug-likeness (QED) is 0.433. The standard InChI is InChI=1S/C22H29Cl2N3O/c1-4-6-7-8-9-11-15(5-2)20-21(22(25)28)27-19(14(3)26-20)16-12-10-13-17(23)18(16)24/h10,12-13,15H,4-9,11H2,1-3H3,(H2,25,28). The summed E-state index contributed by atoms with van der Waals surface area (Å²) in [4.78, 5) is 21.5. The lowest BCUT2D eigenvalue weighted by Crippen LogP contribution is -2.20. The molecule has 2 rings (SSSR count). The third-order valence-corrected chi connectivity index (χ3v) is 5.89. The first kappa shape index (κ1) is 22.6. The number of unbranched alkanes of at least 4 members (excludes halogenated alkanes) is 4. The van der Waals surface area contributed by atoms with E-state index >= 15 is 0 Å². The molecule has 4 nitrogen and oxygen atoms in total. The van der Waals surface area contributed by atoms with Crippen LogP contribution in [-0.4, -0.2) is 15.9 Å². The first-order chi connectivity index (χ1) is 13.4. The molecule has 0 fully saturated rings. The summed E-state index contributed by atoms with van der Waals surface area (Å²) in [5.41, 5.74) is 8.51. The Morgan fingerprint density at radius 2 is 1.82 bits per heavy atom. The van der Waals surface area contributed by atoms with Crippen molar-refractivity contribution in [2.45, 2.75) is 71.6 Å². The van der Waals surface area contributed by atoms with Crippen molar-refractivity contribution in [3.8, 4) is 11.3 Å². The van der Waals surface area contributed by atoms with Gasteiger partial charge in [-0.15, -0.1) is 0 Å². The molecule has 1 unspecified atom stereocenters. The number of amides is 1. The van der Waals surface area contributed by atoms with E-state index < -0.39 is 5.91 Å². The SMILES string of the molecule is CCCCCCCC(CC)c1nc(C)c(-c2cccc(Cl)c2Cl)nc1C(N)=O. The maximum Gasteiger partial charge on any atom is 0.269 e. The molecule has 2 aromatic rings. The van der Waals surface area contributed by atoms with Gasteiger partial charge < -0.3 is 5.73 Å². The van der Waals surface area contributed by atoms with Crippen LogP contribution in [0.3, 0.4) is 0 Å². The molecular formula is C22H29Cl2N3O. The zero-order valence-corrected chi connectivity index (χ0v) is 18.4. The van der Waals surface area contributed by atoms with Gasteiger partial charge in [-0.25, -0.2) is 4.98 Å². The maximum absolute atomic E-state index is 12.2. The van der Waals surface area contributed by atoms with E-state index in [1.807, 2.05) is 13.0 Å². The van der Waals surface area contributed by atoms with Gasteiger partial charge in [-0.05, 0) is 25.8 Å². The Kier molecular flexibility index (Phi) is 8.71. The highest BCUT2D eigenvalue weighted by Gasteiger charge is 2.23. The van der Waals surface area contributed by atoms with Gasteiger partial charge in [0.05, 0.1) is 27.1 Å². The molecule has 0 saturated heterocycles. The van der Waals surface area contributed by atoms with Gasteiger partial charge in [-0.3, -0.25) is 9.78 Å². The highest BCUT2D eigenvalue weighted by atomic mass is 35.5. The second kappa shape index (κ2) is 10.8. The van der Waals surface area contributed by atoms with Crippen LogP contribution in [0.4, 0.5) is 0 Å². The summed E-state index contributed by atoms with van der Waals surface area (Å²) >= 11 is 12.5. The van der Waals surface area contributed by atoms with Gasteiger partial charge in [0.15, 0.2) is 0 Å². The predicted molar refractivity (Wildman–Crippen MR) is 117 cm³/mol. The minimum absolute atomic E-state index is 0.166. The minimum Gasteiger partial charge on any atom is -0.364 e. The maximum atomic E-state index is 12.2. The molecule has 0 aliphatic carbocycles. The molecule has 0 spiro atoms. The van der Waals surface area contributed by atoms with Crippen LogP contribution in [-0.2, 0) is 0 Å². The number of nitrogens with zero attached hydrogens (tertiary/aromatic N) is 2. The number of nitrogens with two attached hydrogens (primary N) is 1. The van der Waals surface area contributed by atoms with Crippen molar-refractivity contribution in [1.82, 2.24) is 9.97 Å². The fourth-order valence-corrected chi connectivity index (χ4v) is 3.86. The second-order valence-corrected chi connectivity index (χ2v) is 7.95. The van der Waals surface area contributed by atoms with Crippen molar-refractivity contribution in [3.63, 3.8) is 0 Å². The Balaban J connectivity index is 2.39. The number of carbonyl (C=O) groups excluding carboxylic acids is 1. The molecule has 152 valence electrons. The summed E-state index contributed by atoms with van der Waals surface area (Å²) in [6.07, 6.45) is 7.90. The average Bonchev–Trinajstić information content (AvgIpc) is 2.67. The van der Waals surface area contributed by atoms with E-state index in [0.717, 1.165) is 19.3 Å². The smallest absolute Gasteiger partial charge is 0.269 e. The molecule has 0 bridgehead atoms. The highest BCUT2D eigenvalue weighted by Crippen LogP contribution is 2.35. The third kappa shape index (κ3) is 5.45. The molecule has 1 atom stereocenters. The van der Waals surface area contributed by atoms with Gasteiger partial charge in [0.1, 0.15) is 5.69 Å². The molecule has 2 N–H and O–H groups in total. The van der Waals surface area contributed by atoms with E-state index in [1.54, 1.807) is 12.1 Å². The Morgan fingerprint density at radius 3 is 2.46 bits per heavy atom. The molecule has 1 aromatic carbocycles. The molecular weight excluding hydrogens is 393 g/mol. The van der Waals surface area contributed by atoms with Crippen LogP contribution in [0.25, 0.3) is 11.3 Å². The van der Waals surface area contributed by atoms with Crippen molar-refractivity contribution >= 4 is 29.1 Å². The molecule has 0 saturated carbocycles. The van der Waals surface area contributed by atoms with Crippen LogP contribution >= 0.6 is 23.2 Å². The Hall–Kier alpha value is -1.65. The Morgan fingerprint density at radius 1 is 1.11 bits per heavy atom. The number of hydrogen-bond acceptors (Lipinski definition) is 3. The first-order valence-corrected chi connectivity index (χ1v) is 10.8. The topological polar surface area (TPSA) is 68.9 Å². The number of primary amides is 1. The zero-order chi connectivity index (χ0) is 20.7. The number of halogens is 2. The van der Waals surface area contributed by atoms with Crippen LogP contribution in [0.1, 0.15) is 86.6 Å². The van der Waals surface area contributed by atoms with E-state index in [9.17, 15) is 4.79 Å². The van der Waals surface area contributed by atoms with Crippen molar-refractivity contribution in [2.24, 2.45) is 5.73 Å². The van der Waals surface area contributed by atoms with Crippen LogP contribution in [0.5, 0.6) is 0 Å². The number of benzene rings is 1. The minimum atomic E-state index is -0.564. The second-order valence-electron chi connectivity index (χ2n) is 7.17. The molecule has 0 aliphatic heterocycles. The van der Waals surface area contributed by atoms with Crippen molar-refractivity contribution in [3.05, 3.63) is 45.3 Å². The van der Waals surface area contributed by atoms with Gasteiger partial charge in [0.2, 0.25) is 0 Å². The highest BCUT2D eigenvalue weighted by molar-refractivity contribution is 6.43. The summed E-state index contributed by atoms with van der Waals surface area (Å²) in [6, 6.07) is 5.33. The lowest BCUT2D eigenvalue weighted by atomic mass is 9.92. The fraction of sp³-hybridized carbons (Fsp3) is 0.500.